The molecule has 3 aromatic rings. The zero-order valence-corrected chi connectivity index (χ0v) is 17.4. The molecule has 1 aromatic heterocycles. The standard InChI is InChI=1S/C24H28N2O3/c1-16(2)13-19-15-25(17(3)4)24(29)26(19)14-18-9-5-6-10-20(18)21-11-7-8-12-22(21)23(27)28/h5-12,15-17H,13-14H2,1-4H3,(H,27,28). The molecule has 2 aromatic carbocycles. The lowest BCUT2D eigenvalue weighted by Gasteiger charge is -2.14. The number of carboxylic acid groups (broad SMARTS) is 1. The molecule has 5 nitrogen and oxygen atoms in total. The maximum Gasteiger partial charge on any atom is 0.336 e. The van der Waals surface area contributed by atoms with Crippen LogP contribution in [0, 0.1) is 5.92 Å². The molecule has 152 valence electrons. The Hall–Kier alpha value is -3.08. The van der Waals surface area contributed by atoms with Crippen LogP contribution >= 0.6 is 0 Å². The summed E-state index contributed by atoms with van der Waals surface area (Å²) in [6.07, 6.45) is 2.77. The van der Waals surface area contributed by atoms with Crippen LogP contribution in [-0.2, 0) is 13.0 Å². The summed E-state index contributed by atoms with van der Waals surface area (Å²) in [5, 5.41) is 9.60. The largest absolute Gasteiger partial charge is 0.478 e. The maximum absolute atomic E-state index is 13.1. The molecule has 0 aliphatic carbocycles. The molecular weight excluding hydrogens is 364 g/mol. The minimum Gasteiger partial charge on any atom is -0.478 e. The molecule has 0 spiro atoms. The SMILES string of the molecule is CC(C)Cc1cn(C(C)C)c(=O)n1Cc1ccccc1-c1ccccc1C(=O)O. The van der Waals surface area contributed by atoms with Gasteiger partial charge in [0.15, 0.2) is 0 Å². The third-order valence-corrected chi connectivity index (χ3v) is 5.05. The van der Waals surface area contributed by atoms with E-state index in [1.165, 1.54) is 0 Å². The van der Waals surface area contributed by atoms with E-state index in [2.05, 4.69) is 13.8 Å². The number of imidazole rings is 1. The number of benzene rings is 2. The summed E-state index contributed by atoms with van der Waals surface area (Å²) in [5.74, 6) is -0.536. The Morgan fingerprint density at radius 1 is 0.966 bits per heavy atom. The molecule has 0 unspecified atom stereocenters. The van der Waals surface area contributed by atoms with Crippen LogP contribution in [0.1, 0.15) is 55.4 Å². The van der Waals surface area contributed by atoms with Crippen LogP contribution < -0.4 is 5.69 Å². The van der Waals surface area contributed by atoms with Crippen LogP contribution in [0.25, 0.3) is 11.1 Å². The first kappa shape index (κ1) is 20.6. The van der Waals surface area contributed by atoms with Crippen molar-refractivity contribution < 1.29 is 9.90 Å². The average Bonchev–Trinajstić information content (AvgIpc) is 2.97. The molecule has 3 rings (SSSR count). The van der Waals surface area contributed by atoms with E-state index < -0.39 is 5.97 Å². The number of nitrogens with zero attached hydrogens (tertiary/aromatic N) is 2. The molecule has 0 atom stereocenters. The summed E-state index contributed by atoms with van der Waals surface area (Å²) in [5.41, 5.74) is 3.66. The highest BCUT2D eigenvalue weighted by Gasteiger charge is 2.18. The predicted molar refractivity (Wildman–Crippen MR) is 116 cm³/mol. The molecule has 0 bridgehead atoms. The van der Waals surface area contributed by atoms with Gasteiger partial charge in [-0.25, -0.2) is 9.59 Å². The highest BCUT2D eigenvalue weighted by atomic mass is 16.4. The molecule has 0 aliphatic heterocycles. The van der Waals surface area contributed by atoms with Crippen LogP contribution in [0.15, 0.2) is 59.5 Å². The smallest absolute Gasteiger partial charge is 0.336 e. The number of aromatic nitrogens is 2. The van der Waals surface area contributed by atoms with Crippen molar-refractivity contribution in [1.82, 2.24) is 9.13 Å². The molecule has 0 amide bonds. The fourth-order valence-electron chi connectivity index (χ4n) is 3.66. The normalized spacial score (nSPS) is 11.4. The Morgan fingerprint density at radius 2 is 1.59 bits per heavy atom. The molecular formula is C24H28N2O3. The first-order valence-electron chi connectivity index (χ1n) is 10.0. The van der Waals surface area contributed by atoms with E-state index in [1.54, 1.807) is 16.7 Å². The third-order valence-electron chi connectivity index (χ3n) is 5.05. The summed E-state index contributed by atoms with van der Waals surface area (Å²) in [6.45, 7) is 8.69. The molecule has 0 fully saturated rings. The van der Waals surface area contributed by atoms with Gasteiger partial charge in [0.2, 0.25) is 0 Å². The zero-order chi connectivity index (χ0) is 21.1. The highest BCUT2D eigenvalue weighted by molar-refractivity contribution is 5.96. The van der Waals surface area contributed by atoms with E-state index in [0.717, 1.165) is 23.2 Å². The lowest BCUT2D eigenvalue weighted by atomic mass is 9.95. The molecule has 29 heavy (non-hydrogen) atoms. The molecule has 1 N–H and O–H groups in total. The van der Waals surface area contributed by atoms with Gasteiger partial charge in [-0.05, 0) is 48.9 Å². The summed E-state index contributed by atoms with van der Waals surface area (Å²) in [7, 11) is 0. The van der Waals surface area contributed by atoms with E-state index in [1.807, 2.05) is 61.0 Å². The van der Waals surface area contributed by atoms with Crippen molar-refractivity contribution in [2.75, 3.05) is 0 Å². The Balaban J connectivity index is 2.12. The van der Waals surface area contributed by atoms with E-state index in [-0.39, 0.29) is 17.3 Å². The van der Waals surface area contributed by atoms with Gasteiger partial charge < -0.3 is 5.11 Å². The fraction of sp³-hybridized carbons (Fsp3) is 0.333. The first-order valence-corrected chi connectivity index (χ1v) is 10.0. The van der Waals surface area contributed by atoms with Crippen LogP contribution in [-0.4, -0.2) is 20.2 Å². The van der Waals surface area contributed by atoms with Crippen LogP contribution in [0.4, 0.5) is 0 Å². The summed E-state index contributed by atoms with van der Waals surface area (Å²) < 4.78 is 3.59. The Kier molecular flexibility index (Phi) is 6.06. The van der Waals surface area contributed by atoms with Crippen LogP contribution in [0.5, 0.6) is 0 Å². The van der Waals surface area contributed by atoms with Crippen LogP contribution in [0.2, 0.25) is 0 Å². The van der Waals surface area contributed by atoms with Gasteiger partial charge in [0.25, 0.3) is 0 Å². The van der Waals surface area contributed by atoms with Gasteiger partial charge in [0, 0.05) is 17.9 Å². The van der Waals surface area contributed by atoms with Crippen molar-refractivity contribution in [3.8, 4) is 11.1 Å². The van der Waals surface area contributed by atoms with Crippen LogP contribution in [0.3, 0.4) is 0 Å². The van der Waals surface area contributed by atoms with E-state index >= 15 is 0 Å². The summed E-state index contributed by atoms with van der Waals surface area (Å²) in [6, 6.07) is 14.8. The van der Waals surface area contributed by atoms with Crippen molar-refractivity contribution in [1.29, 1.82) is 0 Å². The van der Waals surface area contributed by atoms with E-state index in [9.17, 15) is 14.7 Å². The minimum atomic E-state index is -0.959. The van der Waals surface area contributed by atoms with Gasteiger partial charge in [0.05, 0.1) is 12.1 Å². The number of hydrogen-bond donors (Lipinski definition) is 1. The summed E-state index contributed by atoms with van der Waals surface area (Å²) >= 11 is 0. The van der Waals surface area contributed by atoms with E-state index in [4.69, 9.17) is 0 Å². The number of rotatable bonds is 7. The third kappa shape index (κ3) is 4.34. The Morgan fingerprint density at radius 3 is 2.21 bits per heavy atom. The second kappa shape index (κ2) is 8.52. The van der Waals surface area contributed by atoms with Gasteiger partial charge in [-0.1, -0.05) is 56.3 Å². The number of carboxylic acids is 1. The lowest BCUT2D eigenvalue weighted by molar-refractivity contribution is 0.0697. The van der Waals surface area contributed by atoms with Crippen molar-refractivity contribution in [3.63, 3.8) is 0 Å². The predicted octanol–water partition coefficient (Wildman–Crippen LogP) is 4.84. The minimum absolute atomic E-state index is 0.0306. The zero-order valence-electron chi connectivity index (χ0n) is 17.4. The quantitative estimate of drug-likeness (QED) is 0.625. The number of aromatic carboxylic acids is 1. The molecule has 0 saturated heterocycles. The molecule has 0 radical (unpaired) electrons. The van der Waals surface area contributed by atoms with Crippen molar-refractivity contribution in [2.45, 2.75) is 46.7 Å². The highest BCUT2D eigenvalue weighted by Crippen LogP contribution is 2.28. The summed E-state index contributed by atoms with van der Waals surface area (Å²) in [4.78, 5) is 24.8. The second-order valence-electron chi connectivity index (χ2n) is 8.10. The lowest BCUT2D eigenvalue weighted by Crippen LogP contribution is -2.27. The molecule has 5 heteroatoms. The molecule has 0 saturated carbocycles. The van der Waals surface area contributed by atoms with Gasteiger partial charge >= 0.3 is 11.7 Å². The molecule has 1 heterocycles. The van der Waals surface area contributed by atoms with Gasteiger partial charge in [-0.15, -0.1) is 0 Å². The fourth-order valence-corrected chi connectivity index (χ4v) is 3.66. The maximum atomic E-state index is 13.1. The second-order valence-corrected chi connectivity index (χ2v) is 8.10. The molecule has 0 aliphatic rings. The Labute approximate surface area is 171 Å². The first-order chi connectivity index (χ1) is 13.8. The monoisotopic (exact) mass is 392 g/mol. The number of hydrogen-bond acceptors (Lipinski definition) is 2. The van der Waals surface area contributed by atoms with Crippen molar-refractivity contribution in [3.05, 3.63) is 82.0 Å². The van der Waals surface area contributed by atoms with Gasteiger partial charge in [-0.2, -0.15) is 0 Å². The topological polar surface area (TPSA) is 64.2 Å². The van der Waals surface area contributed by atoms with Crippen molar-refractivity contribution in [2.24, 2.45) is 5.92 Å². The van der Waals surface area contributed by atoms with Gasteiger partial charge in [-0.3, -0.25) is 9.13 Å². The number of carbonyl (C=O) groups is 1. The Bertz CT molecular complexity index is 1070. The van der Waals surface area contributed by atoms with Crippen molar-refractivity contribution >= 4 is 5.97 Å². The van der Waals surface area contributed by atoms with Gasteiger partial charge in [0.1, 0.15) is 0 Å². The average molecular weight is 392 g/mol. The van der Waals surface area contributed by atoms with E-state index in [0.29, 0.717) is 18.0 Å².